The van der Waals surface area contributed by atoms with E-state index in [-0.39, 0.29) is 17.3 Å². The predicted molar refractivity (Wildman–Crippen MR) is 100 cm³/mol. The van der Waals surface area contributed by atoms with E-state index in [4.69, 9.17) is 4.52 Å². The van der Waals surface area contributed by atoms with E-state index in [1.54, 1.807) is 18.2 Å². The van der Waals surface area contributed by atoms with Crippen LogP contribution in [0, 0.1) is 13.8 Å². The minimum absolute atomic E-state index is 0.162. The summed E-state index contributed by atoms with van der Waals surface area (Å²) in [5.74, 6) is 0.850. The number of rotatable bonds is 4. The zero-order chi connectivity index (χ0) is 20.8. The van der Waals surface area contributed by atoms with E-state index in [2.05, 4.69) is 15.0 Å². The number of alkyl halides is 3. The van der Waals surface area contributed by atoms with Crippen molar-refractivity contribution in [1.82, 2.24) is 19.6 Å². The molecule has 0 bridgehead atoms. The number of aromatic nitrogens is 3. The van der Waals surface area contributed by atoms with Crippen molar-refractivity contribution in [2.24, 2.45) is 0 Å². The highest BCUT2D eigenvalue weighted by Gasteiger charge is 2.35. The average Bonchev–Trinajstić information content (AvgIpc) is 3.25. The number of benzene rings is 1. The first-order chi connectivity index (χ1) is 13.7. The average molecular weight is 406 g/mol. The lowest BCUT2D eigenvalue weighted by Crippen LogP contribution is -2.35. The Morgan fingerprint density at radius 3 is 2.69 bits per heavy atom. The molecular formula is C20H21F3N4O2. The summed E-state index contributed by atoms with van der Waals surface area (Å²) in [4.78, 5) is 19.5. The molecule has 2 aromatic heterocycles. The van der Waals surface area contributed by atoms with Gasteiger partial charge in [0.05, 0.1) is 22.6 Å². The largest absolute Gasteiger partial charge is 0.406 e. The fraction of sp³-hybridized carbons (Fsp3) is 0.450. The van der Waals surface area contributed by atoms with Crippen LogP contribution in [0.4, 0.5) is 13.2 Å². The molecule has 9 heteroatoms. The van der Waals surface area contributed by atoms with Gasteiger partial charge in [-0.25, -0.2) is 4.98 Å². The van der Waals surface area contributed by atoms with Gasteiger partial charge in [-0.05, 0) is 45.4 Å². The number of nitrogens with zero attached hydrogens (tertiary/aromatic N) is 4. The van der Waals surface area contributed by atoms with Gasteiger partial charge in [-0.3, -0.25) is 14.3 Å². The zero-order valence-corrected chi connectivity index (χ0v) is 16.2. The van der Waals surface area contributed by atoms with Crippen molar-refractivity contribution < 1.29 is 17.7 Å². The van der Waals surface area contributed by atoms with Crippen LogP contribution in [0.3, 0.4) is 0 Å². The molecule has 0 spiro atoms. The summed E-state index contributed by atoms with van der Waals surface area (Å²) in [5.41, 5.74) is 1.43. The first kappa shape index (κ1) is 19.6. The van der Waals surface area contributed by atoms with Crippen molar-refractivity contribution in [3.8, 4) is 0 Å². The SMILES string of the molecule is Cc1noc(C)c1CN1CCCC1c1nc2ccccc2c(=O)n1CC(F)(F)F. The van der Waals surface area contributed by atoms with Gasteiger partial charge in [-0.2, -0.15) is 13.2 Å². The highest BCUT2D eigenvalue weighted by atomic mass is 19.4. The van der Waals surface area contributed by atoms with E-state index in [9.17, 15) is 18.0 Å². The Hall–Kier alpha value is -2.68. The van der Waals surface area contributed by atoms with Gasteiger partial charge >= 0.3 is 6.18 Å². The van der Waals surface area contributed by atoms with Crippen molar-refractivity contribution in [3.05, 3.63) is 57.5 Å². The molecule has 0 saturated carbocycles. The number of halogens is 3. The third kappa shape index (κ3) is 3.78. The normalized spacial score (nSPS) is 18.0. The summed E-state index contributed by atoms with van der Waals surface area (Å²) in [6.07, 6.45) is -3.08. The molecule has 1 atom stereocenters. The Labute approximate surface area is 164 Å². The fourth-order valence-electron chi connectivity index (χ4n) is 4.01. The molecule has 1 saturated heterocycles. The first-order valence-corrected chi connectivity index (χ1v) is 9.46. The highest BCUT2D eigenvalue weighted by Crippen LogP contribution is 2.34. The van der Waals surface area contributed by atoms with Crippen LogP contribution < -0.4 is 5.56 Å². The summed E-state index contributed by atoms with van der Waals surface area (Å²) in [5, 5.41) is 4.15. The molecule has 1 aromatic carbocycles. The van der Waals surface area contributed by atoms with Gasteiger partial charge < -0.3 is 4.52 Å². The number of fused-ring (bicyclic) bond motifs is 1. The standard InChI is InChI=1S/C20H21F3N4O2/c1-12-15(13(2)29-25-12)10-26-9-5-8-17(26)18-24-16-7-4-3-6-14(16)19(28)27(18)11-20(21,22)23/h3-4,6-7,17H,5,8-11H2,1-2H3. The molecular weight excluding hydrogens is 385 g/mol. The second kappa shape index (κ2) is 7.29. The smallest absolute Gasteiger partial charge is 0.361 e. The second-order valence-corrected chi connectivity index (χ2v) is 7.42. The number of hydrogen-bond donors (Lipinski definition) is 0. The maximum Gasteiger partial charge on any atom is 0.406 e. The van der Waals surface area contributed by atoms with E-state index in [1.807, 2.05) is 13.8 Å². The molecule has 0 N–H and O–H groups in total. The molecule has 3 heterocycles. The predicted octanol–water partition coefficient (Wildman–Crippen LogP) is 3.90. The summed E-state index contributed by atoms with van der Waals surface area (Å²) in [6.45, 7) is 3.48. The summed E-state index contributed by atoms with van der Waals surface area (Å²) in [7, 11) is 0. The number of likely N-dealkylation sites (tertiary alicyclic amines) is 1. The van der Waals surface area contributed by atoms with Gasteiger partial charge in [0.2, 0.25) is 0 Å². The summed E-state index contributed by atoms with van der Waals surface area (Å²) < 4.78 is 45.8. The van der Waals surface area contributed by atoms with Crippen LogP contribution in [0.1, 0.15) is 41.7 Å². The van der Waals surface area contributed by atoms with Crippen molar-refractivity contribution >= 4 is 10.9 Å². The van der Waals surface area contributed by atoms with Gasteiger partial charge in [-0.15, -0.1) is 0 Å². The van der Waals surface area contributed by atoms with Crippen molar-refractivity contribution in [2.45, 2.75) is 52.0 Å². The monoisotopic (exact) mass is 406 g/mol. The highest BCUT2D eigenvalue weighted by molar-refractivity contribution is 5.77. The number of hydrogen-bond acceptors (Lipinski definition) is 5. The van der Waals surface area contributed by atoms with Crippen molar-refractivity contribution in [1.29, 1.82) is 0 Å². The molecule has 6 nitrogen and oxygen atoms in total. The first-order valence-electron chi connectivity index (χ1n) is 9.46. The molecule has 1 aliphatic rings. The summed E-state index contributed by atoms with van der Waals surface area (Å²) in [6, 6.07) is 6.14. The fourth-order valence-corrected chi connectivity index (χ4v) is 4.01. The Morgan fingerprint density at radius 1 is 1.24 bits per heavy atom. The maximum absolute atomic E-state index is 13.3. The van der Waals surface area contributed by atoms with Crippen LogP contribution in [0.2, 0.25) is 0 Å². The molecule has 0 aliphatic carbocycles. The third-order valence-electron chi connectivity index (χ3n) is 5.43. The molecule has 1 fully saturated rings. The van der Waals surface area contributed by atoms with Crippen LogP contribution in [0.15, 0.2) is 33.6 Å². The second-order valence-electron chi connectivity index (χ2n) is 7.42. The van der Waals surface area contributed by atoms with Crippen molar-refractivity contribution in [2.75, 3.05) is 6.54 Å². The Balaban J connectivity index is 1.80. The van der Waals surface area contributed by atoms with Crippen molar-refractivity contribution in [3.63, 3.8) is 0 Å². The lowest BCUT2D eigenvalue weighted by molar-refractivity contribution is -0.142. The zero-order valence-electron chi connectivity index (χ0n) is 16.2. The Kier molecular flexibility index (Phi) is 4.94. The maximum atomic E-state index is 13.3. The molecule has 0 radical (unpaired) electrons. The van der Waals surface area contributed by atoms with Gasteiger partial charge in [-0.1, -0.05) is 17.3 Å². The van der Waals surface area contributed by atoms with E-state index in [0.717, 1.165) is 22.2 Å². The molecule has 1 unspecified atom stereocenters. The van der Waals surface area contributed by atoms with Crippen LogP contribution in [0.25, 0.3) is 10.9 Å². The molecule has 0 amide bonds. The lowest BCUT2D eigenvalue weighted by atomic mass is 10.1. The number of aryl methyl sites for hydroxylation is 2. The van der Waals surface area contributed by atoms with E-state index in [0.29, 0.717) is 30.8 Å². The Morgan fingerprint density at radius 2 is 2.00 bits per heavy atom. The van der Waals surface area contributed by atoms with Gasteiger partial charge in [0.25, 0.3) is 5.56 Å². The van der Waals surface area contributed by atoms with Gasteiger partial charge in [0.1, 0.15) is 18.1 Å². The molecule has 4 rings (SSSR count). The van der Waals surface area contributed by atoms with E-state index in [1.165, 1.54) is 6.07 Å². The molecule has 3 aromatic rings. The number of para-hydroxylation sites is 1. The quantitative estimate of drug-likeness (QED) is 0.658. The van der Waals surface area contributed by atoms with Crippen LogP contribution in [0.5, 0.6) is 0 Å². The van der Waals surface area contributed by atoms with Crippen LogP contribution in [-0.2, 0) is 13.1 Å². The van der Waals surface area contributed by atoms with Crippen LogP contribution in [-0.4, -0.2) is 32.3 Å². The summed E-state index contributed by atoms with van der Waals surface area (Å²) >= 11 is 0. The minimum Gasteiger partial charge on any atom is -0.361 e. The minimum atomic E-state index is -4.52. The van der Waals surface area contributed by atoms with E-state index >= 15 is 0 Å². The lowest BCUT2D eigenvalue weighted by Gasteiger charge is -2.27. The molecule has 29 heavy (non-hydrogen) atoms. The molecule has 1 aliphatic heterocycles. The molecule has 154 valence electrons. The third-order valence-corrected chi connectivity index (χ3v) is 5.43. The Bertz CT molecular complexity index is 1080. The topological polar surface area (TPSA) is 64.2 Å². The van der Waals surface area contributed by atoms with E-state index < -0.39 is 18.3 Å². The van der Waals surface area contributed by atoms with Crippen LogP contribution >= 0.6 is 0 Å². The van der Waals surface area contributed by atoms with Gasteiger partial charge in [0.15, 0.2) is 0 Å². The van der Waals surface area contributed by atoms with Gasteiger partial charge in [0, 0.05) is 12.1 Å².